The molecule has 0 spiro atoms. The van der Waals surface area contributed by atoms with Crippen molar-refractivity contribution in [2.24, 2.45) is 0 Å². The zero-order valence-electron chi connectivity index (χ0n) is 10.4. The van der Waals surface area contributed by atoms with Crippen LogP contribution in [0.25, 0.3) is 6.08 Å². The maximum absolute atomic E-state index is 3.47. The molecule has 0 atom stereocenters. The molecule has 0 radical (unpaired) electrons. The van der Waals surface area contributed by atoms with Crippen LogP contribution in [0.1, 0.15) is 11.1 Å². The number of halogens is 1. The van der Waals surface area contributed by atoms with Crippen molar-refractivity contribution in [3.05, 3.63) is 70.2 Å². The van der Waals surface area contributed by atoms with E-state index in [0.29, 0.717) is 0 Å². The maximum Gasteiger partial charge on any atom is 0.0373 e. The van der Waals surface area contributed by atoms with Gasteiger partial charge in [0.1, 0.15) is 0 Å². The Morgan fingerprint density at radius 1 is 1.11 bits per heavy atom. The van der Waals surface area contributed by atoms with Crippen LogP contribution in [0.2, 0.25) is 0 Å². The predicted octanol–water partition coefficient (Wildman–Crippen LogP) is 4.88. The molecule has 2 aromatic rings. The van der Waals surface area contributed by atoms with E-state index < -0.39 is 0 Å². The van der Waals surface area contributed by atoms with E-state index in [2.05, 4.69) is 70.7 Å². The van der Waals surface area contributed by atoms with Gasteiger partial charge in [0.25, 0.3) is 0 Å². The zero-order chi connectivity index (χ0) is 12.8. The molecule has 0 amide bonds. The van der Waals surface area contributed by atoms with Gasteiger partial charge in [0, 0.05) is 16.7 Å². The Bertz CT molecular complexity index is 532. The number of anilines is 1. The number of aryl methyl sites for hydroxylation is 1. The van der Waals surface area contributed by atoms with Gasteiger partial charge in [0.2, 0.25) is 0 Å². The molecule has 0 aliphatic heterocycles. The van der Waals surface area contributed by atoms with Crippen LogP contribution in [0.15, 0.2) is 59.1 Å². The topological polar surface area (TPSA) is 12.0 Å². The van der Waals surface area contributed by atoms with Crippen molar-refractivity contribution in [1.82, 2.24) is 0 Å². The lowest BCUT2D eigenvalue weighted by molar-refractivity contribution is 1.30. The monoisotopic (exact) mass is 301 g/mol. The van der Waals surface area contributed by atoms with Crippen LogP contribution in [-0.4, -0.2) is 6.54 Å². The van der Waals surface area contributed by atoms with E-state index in [1.807, 2.05) is 18.2 Å². The zero-order valence-corrected chi connectivity index (χ0v) is 11.9. The fourth-order valence-corrected chi connectivity index (χ4v) is 2.23. The number of hydrogen-bond acceptors (Lipinski definition) is 1. The van der Waals surface area contributed by atoms with Crippen molar-refractivity contribution >= 4 is 27.7 Å². The molecule has 0 saturated heterocycles. The molecule has 0 aromatic heterocycles. The van der Waals surface area contributed by atoms with Gasteiger partial charge in [-0.2, -0.15) is 0 Å². The second-order valence-corrected chi connectivity index (χ2v) is 5.07. The van der Waals surface area contributed by atoms with Gasteiger partial charge in [-0.1, -0.05) is 58.4 Å². The standard InChI is InChI=1S/C16H16BrN/c1-13-12-15(17)9-10-16(13)18-11-5-8-14-6-3-2-4-7-14/h2-10,12,18H,11H2,1H3/b8-5+. The molecule has 0 aliphatic carbocycles. The summed E-state index contributed by atoms with van der Waals surface area (Å²) in [4.78, 5) is 0. The molecule has 0 bridgehead atoms. The van der Waals surface area contributed by atoms with Crippen LogP contribution in [0, 0.1) is 6.92 Å². The summed E-state index contributed by atoms with van der Waals surface area (Å²) >= 11 is 3.47. The lowest BCUT2D eigenvalue weighted by Crippen LogP contribution is -1.99. The van der Waals surface area contributed by atoms with E-state index in [4.69, 9.17) is 0 Å². The molecule has 2 aromatic carbocycles. The Kier molecular flexibility index (Phi) is 4.59. The van der Waals surface area contributed by atoms with Gasteiger partial charge >= 0.3 is 0 Å². The van der Waals surface area contributed by atoms with Crippen LogP contribution in [0.5, 0.6) is 0 Å². The fraction of sp³-hybridized carbons (Fsp3) is 0.125. The molecular weight excluding hydrogens is 286 g/mol. The van der Waals surface area contributed by atoms with Gasteiger partial charge in [-0.3, -0.25) is 0 Å². The lowest BCUT2D eigenvalue weighted by atomic mass is 10.2. The highest BCUT2D eigenvalue weighted by atomic mass is 79.9. The van der Waals surface area contributed by atoms with Crippen LogP contribution in [0.4, 0.5) is 5.69 Å². The van der Waals surface area contributed by atoms with Crippen molar-refractivity contribution in [1.29, 1.82) is 0 Å². The molecule has 0 aliphatic rings. The average Bonchev–Trinajstić information content (AvgIpc) is 2.38. The third kappa shape index (κ3) is 3.74. The molecule has 0 fully saturated rings. The highest BCUT2D eigenvalue weighted by Crippen LogP contribution is 2.19. The first-order chi connectivity index (χ1) is 8.75. The normalized spacial score (nSPS) is 10.8. The summed E-state index contributed by atoms with van der Waals surface area (Å²) in [5, 5.41) is 3.40. The Balaban J connectivity index is 1.91. The van der Waals surface area contributed by atoms with Crippen molar-refractivity contribution < 1.29 is 0 Å². The van der Waals surface area contributed by atoms with Crippen molar-refractivity contribution in [2.45, 2.75) is 6.92 Å². The first-order valence-electron chi connectivity index (χ1n) is 5.97. The van der Waals surface area contributed by atoms with E-state index in [0.717, 1.165) is 11.0 Å². The van der Waals surface area contributed by atoms with Crippen LogP contribution >= 0.6 is 15.9 Å². The predicted molar refractivity (Wildman–Crippen MR) is 82.8 cm³/mol. The Hall–Kier alpha value is -1.54. The minimum atomic E-state index is 0.831. The summed E-state index contributed by atoms with van der Waals surface area (Å²) in [5.74, 6) is 0. The van der Waals surface area contributed by atoms with Crippen LogP contribution in [0.3, 0.4) is 0 Å². The average molecular weight is 302 g/mol. The van der Waals surface area contributed by atoms with Gasteiger partial charge in [0.05, 0.1) is 0 Å². The van der Waals surface area contributed by atoms with Gasteiger partial charge in [-0.05, 0) is 36.2 Å². The second kappa shape index (κ2) is 6.41. The second-order valence-electron chi connectivity index (χ2n) is 4.15. The minimum Gasteiger partial charge on any atom is -0.381 e. The summed E-state index contributed by atoms with van der Waals surface area (Å²) in [7, 11) is 0. The third-order valence-corrected chi connectivity index (χ3v) is 3.20. The summed E-state index contributed by atoms with van der Waals surface area (Å²) in [6.45, 7) is 2.94. The first kappa shape index (κ1) is 12.9. The molecule has 92 valence electrons. The van der Waals surface area contributed by atoms with E-state index >= 15 is 0 Å². The molecule has 1 N–H and O–H groups in total. The molecule has 0 saturated carbocycles. The first-order valence-corrected chi connectivity index (χ1v) is 6.76. The van der Waals surface area contributed by atoms with E-state index in [-0.39, 0.29) is 0 Å². The van der Waals surface area contributed by atoms with Gasteiger partial charge in [0.15, 0.2) is 0 Å². The largest absolute Gasteiger partial charge is 0.381 e. The summed E-state index contributed by atoms with van der Waals surface area (Å²) < 4.78 is 1.12. The third-order valence-electron chi connectivity index (χ3n) is 2.71. The summed E-state index contributed by atoms with van der Waals surface area (Å²) in [6.07, 6.45) is 4.26. The molecule has 1 nitrogen and oxygen atoms in total. The minimum absolute atomic E-state index is 0.831. The quantitative estimate of drug-likeness (QED) is 0.848. The van der Waals surface area contributed by atoms with E-state index in [1.54, 1.807) is 0 Å². The number of nitrogens with one attached hydrogen (secondary N) is 1. The van der Waals surface area contributed by atoms with Crippen molar-refractivity contribution in [3.63, 3.8) is 0 Å². The molecular formula is C16H16BrN. The highest BCUT2D eigenvalue weighted by molar-refractivity contribution is 9.10. The van der Waals surface area contributed by atoms with E-state index in [9.17, 15) is 0 Å². The number of benzene rings is 2. The highest BCUT2D eigenvalue weighted by Gasteiger charge is 1.96. The Morgan fingerprint density at radius 2 is 1.89 bits per heavy atom. The van der Waals surface area contributed by atoms with Gasteiger partial charge in [-0.15, -0.1) is 0 Å². The Morgan fingerprint density at radius 3 is 2.61 bits per heavy atom. The fourth-order valence-electron chi connectivity index (χ4n) is 1.75. The number of rotatable bonds is 4. The molecule has 0 unspecified atom stereocenters. The lowest BCUT2D eigenvalue weighted by Gasteiger charge is -2.07. The molecule has 2 rings (SSSR count). The van der Waals surface area contributed by atoms with E-state index in [1.165, 1.54) is 16.8 Å². The smallest absolute Gasteiger partial charge is 0.0373 e. The van der Waals surface area contributed by atoms with Gasteiger partial charge in [-0.25, -0.2) is 0 Å². The van der Waals surface area contributed by atoms with Crippen LogP contribution < -0.4 is 5.32 Å². The molecule has 2 heteroatoms. The molecule has 0 heterocycles. The van der Waals surface area contributed by atoms with Crippen molar-refractivity contribution in [2.75, 3.05) is 11.9 Å². The Labute approximate surface area is 117 Å². The number of hydrogen-bond donors (Lipinski definition) is 1. The van der Waals surface area contributed by atoms with Gasteiger partial charge < -0.3 is 5.32 Å². The summed E-state index contributed by atoms with van der Waals surface area (Å²) in [6, 6.07) is 16.6. The van der Waals surface area contributed by atoms with Crippen molar-refractivity contribution in [3.8, 4) is 0 Å². The SMILES string of the molecule is Cc1cc(Br)ccc1NC/C=C/c1ccccc1. The van der Waals surface area contributed by atoms with Crippen LogP contribution in [-0.2, 0) is 0 Å². The summed E-state index contributed by atoms with van der Waals surface area (Å²) in [5.41, 5.74) is 3.65. The molecule has 18 heavy (non-hydrogen) atoms. The maximum atomic E-state index is 3.47.